The van der Waals surface area contributed by atoms with Crippen LogP contribution in [-0.4, -0.2) is 15.0 Å². The van der Waals surface area contributed by atoms with Crippen molar-refractivity contribution in [2.75, 3.05) is 0 Å². The SMILES string of the molecule is CCC[Se]Cc1ccccc1C. The maximum absolute atomic E-state index is 2.26. The fourth-order valence-electron chi connectivity index (χ4n) is 1.10. The van der Waals surface area contributed by atoms with E-state index >= 15 is 0 Å². The van der Waals surface area contributed by atoms with Gasteiger partial charge >= 0.3 is 81.3 Å². The topological polar surface area (TPSA) is 0 Å². The first kappa shape index (κ1) is 9.82. The van der Waals surface area contributed by atoms with Crippen molar-refractivity contribution in [1.82, 2.24) is 0 Å². The van der Waals surface area contributed by atoms with E-state index in [4.69, 9.17) is 0 Å². The summed E-state index contributed by atoms with van der Waals surface area (Å²) in [6.07, 6.45) is 1.34. The molecule has 0 atom stereocenters. The molecule has 0 radical (unpaired) electrons. The zero-order chi connectivity index (χ0) is 8.81. The minimum absolute atomic E-state index is 0.820. The second kappa shape index (κ2) is 5.40. The first-order valence-corrected chi connectivity index (χ1v) is 6.89. The van der Waals surface area contributed by atoms with Gasteiger partial charge in [-0.15, -0.1) is 0 Å². The van der Waals surface area contributed by atoms with Gasteiger partial charge < -0.3 is 0 Å². The van der Waals surface area contributed by atoms with E-state index in [0.29, 0.717) is 0 Å². The Morgan fingerprint density at radius 2 is 2.00 bits per heavy atom. The summed E-state index contributed by atoms with van der Waals surface area (Å²) in [4.78, 5) is 0. The first-order valence-electron chi connectivity index (χ1n) is 4.47. The van der Waals surface area contributed by atoms with Gasteiger partial charge in [-0.05, 0) is 0 Å². The molecule has 0 saturated heterocycles. The van der Waals surface area contributed by atoms with Gasteiger partial charge in [-0.25, -0.2) is 0 Å². The van der Waals surface area contributed by atoms with E-state index in [1.807, 2.05) is 0 Å². The quantitative estimate of drug-likeness (QED) is 0.548. The van der Waals surface area contributed by atoms with Crippen LogP contribution in [0.4, 0.5) is 0 Å². The van der Waals surface area contributed by atoms with Gasteiger partial charge in [0.1, 0.15) is 0 Å². The van der Waals surface area contributed by atoms with Crippen molar-refractivity contribution < 1.29 is 0 Å². The molecular weight excluding hydrogens is 211 g/mol. The molecule has 0 aliphatic carbocycles. The van der Waals surface area contributed by atoms with Gasteiger partial charge in [0.05, 0.1) is 0 Å². The molecule has 0 aromatic heterocycles. The molecule has 1 rings (SSSR count). The summed E-state index contributed by atoms with van der Waals surface area (Å²) >= 11 is 0.820. The van der Waals surface area contributed by atoms with Gasteiger partial charge in [0.15, 0.2) is 0 Å². The predicted molar refractivity (Wildman–Crippen MR) is 55.7 cm³/mol. The summed E-state index contributed by atoms with van der Waals surface area (Å²) in [6.45, 7) is 4.47. The van der Waals surface area contributed by atoms with Crippen LogP contribution in [-0.2, 0) is 5.32 Å². The van der Waals surface area contributed by atoms with Crippen molar-refractivity contribution in [3.05, 3.63) is 35.4 Å². The summed E-state index contributed by atoms with van der Waals surface area (Å²) < 4.78 is 0. The van der Waals surface area contributed by atoms with E-state index in [1.165, 1.54) is 22.6 Å². The van der Waals surface area contributed by atoms with Crippen molar-refractivity contribution in [3.63, 3.8) is 0 Å². The predicted octanol–water partition coefficient (Wildman–Crippen LogP) is 3.03. The van der Waals surface area contributed by atoms with Crippen LogP contribution in [0.1, 0.15) is 24.5 Å². The zero-order valence-corrected chi connectivity index (χ0v) is 9.55. The minimum atomic E-state index is 0.820. The molecule has 0 N–H and O–H groups in total. The molecule has 66 valence electrons. The molecule has 1 heteroatoms. The Kier molecular flexibility index (Phi) is 4.42. The summed E-state index contributed by atoms with van der Waals surface area (Å²) in [5.41, 5.74) is 3.00. The van der Waals surface area contributed by atoms with Crippen molar-refractivity contribution in [3.8, 4) is 0 Å². The van der Waals surface area contributed by atoms with Crippen LogP contribution in [0.3, 0.4) is 0 Å². The van der Waals surface area contributed by atoms with Gasteiger partial charge in [0.25, 0.3) is 0 Å². The van der Waals surface area contributed by atoms with Crippen molar-refractivity contribution in [1.29, 1.82) is 0 Å². The molecule has 0 aliphatic rings. The van der Waals surface area contributed by atoms with Gasteiger partial charge in [-0.3, -0.25) is 0 Å². The Balaban J connectivity index is 2.46. The Morgan fingerprint density at radius 3 is 2.67 bits per heavy atom. The Hall–Kier alpha value is -0.261. The zero-order valence-electron chi connectivity index (χ0n) is 7.84. The van der Waals surface area contributed by atoms with Crippen LogP contribution < -0.4 is 0 Å². The number of rotatable bonds is 4. The molecule has 0 unspecified atom stereocenters. The number of benzene rings is 1. The maximum atomic E-state index is 2.26. The third-order valence-corrected chi connectivity index (χ3v) is 4.41. The molecule has 1 aromatic rings. The number of hydrogen-bond acceptors (Lipinski definition) is 0. The summed E-state index contributed by atoms with van der Waals surface area (Å²) in [5, 5.41) is 2.73. The average Bonchev–Trinajstić information content (AvgIpc) is 2.09. The molecule has 0 heterocycles. The molecule has 0 saturated carbocycles. The standard InChI is InChI=1S/C11H16Se/c1-3-8-12-9-11-7-5-4-6-10(11)2/h4-7H,3,8-9H2,1-2H3. The fraction of sp³-hybridized carbons (Fsp3) is 0.455. The number of hydrogen-bond donors (Lipinski definition) is 0. The van der Waals surface area contributed by atoms with Crippen LogP contribution in [0.15, 0.2) is 24.3 Å². The summed E-state index contributed by atoms with van der Waals surface area (Å²) in [5.74, 6) is 0. The van der Waals surface area contributed by atoms with Gasteiger partial charge in [-0.1, -0.05) is 0 Å². The van der Waals surface area contributed by atoms with Crippen LogP contribution in [0.25, 0.3) is 0 Å². The normalized spacial score (nSPS) is 10.2. The monoisotopic (exact) mass is 228 g/mol. The Morgan fingerprint density at radius 1 is 1.25 bits per heavy atom. The second-order valence-electron chi connectivity index (χ2n) is 2.98. The number of aryl methyl sites for hydroxylation is 1. The molecule has 0 fully saturated rings. The van der Waals surface area contributed by atoms with Gasteiger partial charge in [-0.2, -0.15) is 0 Å². The van der Waals surface area contributed by atoms with E-state index in [2.05, 4.69) is 38.1 Å². The van der Waals surface area contributed by atoms with Crippen LogP contribution in [0.5, 0.6) is 0 Å². The third-order valence-electron chi connectivity index (χ3n) is 1.87. The third kappa shape index (κ3) is 3.00. The molecule has 0 bridgehead atoms. The van der Waals surface area contributed by atoms with E-state index in [-0.39, 0.29) is 0 Å². The van der Waals surface area contributed by atoms with E-state index in [1.54, 1.807) is 5.56 Å². The van der Waals surface area contributed by atoms with E-state index < -0.39 is 0 Å². The molecule has 0 nitrogen and oxygen atoms in total. The Labute approximate surface area is 81.5 Å². The first-order chi connectivity index (χ1) is 5.84. The molecular formula is C11H16Se. The average molecular weight is 227 g/mol. The molecule has 12 heavy (non-hydrogen) atoms. The van der Waals surface area contributed by atoms with Crippen molar-refractivity contribution in [2.24, 2.45) is 0 Å². The summed E-state index contributed by atoms with van der Waals surface area (Å²) in [6, 6.07) is 8.72. The molecule has 1 aromatic carbocycles. The second-order valence-corrected chi connectivity index (χ2v) is 5.30. The summed E-state index contributed by atoms with van der Waals surface area (Å²) in [7, 11) is 0. The van der Waals surface area contributed by atoms with Gasteiger partial charge in [0, 0.05) is 0 Å². The van der Waals surface area contributed by atoms with Crippen LogP contribution in [0.2, 0.25) is 5.32 Å². The van der Waals surface area contributed by atoms with Crippen LogP contribution in [0, 0.1) is 6.92 Å². The van der Waals surface area contributed by atoms with Crippen molar-refractivity contribution in [2.45, 2.75) is 30.9 Å². The Bertz CT molecular complexity index is 230. The van der Waals surface area contributed by atoms with E-state index in [9.17, 15) is 0 Å². The molecule has 0 aliphatic heterocycles. The van der Waals surface area contributed by atoms with Crippen molar-refractivity contribution >= 4 is 15.0 Å². The molecule has 0 spiro atoms. The van der Waals surface area contributed by atoms with E-state index in [0.717, 1.165) is 15.0 Å². The molecule has 0 amide bonds. The fourth-order valence-corrected chi connectivity index (χ4v) is 3.15. The van der Waals surface area contributed by atoms with Crippen LogP contribution >= 0.6 is 0 Å². The van der Waals surface area contributed by atoms with Gasteiger partial charge in [0.2, 0.25) is 0 Å².